The summed E-state index contributed by atoms with van der Waals surface area (Å²) in [7, 11) is 0. The number of imidazole rings is 1. The quantitative estimate of drug-likeness (QED) is 0.815. The number of H-pyrrole nitrogens is 1. The normalized spacial score (nSPS) is 10.3. The maximum atomic E-state index is 11.5. The van der Waals surface area contributed by atoms with Crippen LogP contribution in [-0.2, 0) is 0 Å². The molecule has 6 nitrogen and oxygen atoms in total. The molecule has 2 aromatic heterocycles. The third kappa shape index (κ3) is 1.82. The van der Waals surface area contributed by atoms with Crippen LogP contribution >= 0.6 is 11.6 Å². The van der Waals surface area contributed by atoms with E-state index in [1.54, 1.807) is 0 Å². The molecular formula is C9H6ClN3O3. The standard InChI is InChI=1S/C9H6ClN3O3/c10-7-3-13(4-11-7)6-2-1-5(9(15)16)12-8(6)14/h1-4H,(H,12,14)(H,15,16). The van der Waals surface area contributed by atoms with Gasteiger partial charge in [-0.1, -0.05) is 11.6 Å². The predicted octanol–water partition coefficient (Wildman–Crippen LogP) is 0.912. The van der Waals surface area contributed by atoms with Crippen LogP contribution in [0, 0.1) is 0 Å². The van der Waals surface area contributed by atoms with Gasteiger partial charge in [-0.15, -0.1) is 0 Å². The third-order valence-electron chi connectivity index (χ3n) is 1.95. The van der Waals surface area contributed by atoms with E-state index in [9.17, 15) is 9.59 Å². The summed E-state index contributed by atoms with van der Waals surface area (Å²) in [6, 6.07) is 2.69. The Morgan fingerprint density at radius 2 is 2.25 bits per heavy atom. The minimum Gasteiger partial charge on any atom is -0.477 e. The number of pyridine rings is 1. The Morgan fingerprint density at radius 1 is 1.50 bits per heavy atom. The number of aromatic carboxylic acids is 1. The molecule has 0 aliphatic rings. The first kappa shape index (κ1) is 10.4. The van der Waals surface area contributed by atoms with E-state index < -0.39 is 11.5 Å². The smallest absolute Gasteiger partial charge is 0.352 e. The second-order valence-corrected chi connectivity index (χ2v) is 3.38. The number of carboxylic acids is 1. The lowest BCUT2D eigenvalue weighted by molar-refractivity contribution is 0.0690. The summed E-state index contributed by atoms with van der Waals surface area (Å²) in [6.07, 6.45) is 2.82. The summed E-state index contributed by atoms with van der Waals surface area (Å²) >= 11 is 5.61. The van der Waals surface area contributed by atoms with E-state index >= 15 is 0 Å². The summed E-state index contributed by atoms with van der Waals surface area (Å²) in [6.45, 7) is 0. The molecule has 0 aliphatic carbocycles. The molecule has 2 aromatic rings. The number of hydrogen-bond acceptors (Lipinski definition) is 3. The molecule has 0 bridgehead atoms. The van der Waals surface area contributed by atoms with Crippen molar-refractivity contribution in [2.75, 3.05) is 0 Å². The average molecular weight is 240 g/mol. The van der Waals surface area contributed by atoms with Crippen LogP contribution in [-0.4, -0.2) is 25.6 Å². The Labute approximate surface area is 94.1 Å². The lowest BCUT2D eigenvalue weighted by atomic mass is 10.3. The zero-order chi connectivity index (χ0) is 11.7. The van der Waals surface area contributed by atoms with Crippen molar-refractivity contribution in [1.82, 2.24) is 14.5 Å². The first-order valence-corrected chi connectivity index (χ1v) is 4.62. The number of rotatable bonds is 2. The fourth-order valence-corrected chi connectivity index (χ4v) is 1.37. The van der Waals surface area contributed by atoms with Gasteiger partial charge in [0.05, 0.1) is 0 Å². The molecule has 0 aliphatic heterocycles. The van der Waals surface area contributed by atoms with E-state index in [1.807, 2.05) is 0 Å². The Morgan fingerprint density at radius 3 is 2.75 bits per heavy atom. The summed E-state index contributed by atoms with van der Waals surface area (Å²) in [5.41, 5.74) is -0.432. The van der Waals surface area contributed by atoms with E-state index in [4.69, 9.17) is 16.7 Å². The molecule has 0 fully saturated rings. The fraction of sp³-hybridized carbons (Fsp3) is 0. The molecule has 0 aromatic carbocycles. The molecule has 16 heavy (non-hydrogen) atoms. The van der Waals surface area contributed by atoms with Crippen LogP contribution in [0.2, 0.25) is 5.15 Å². The topological polar surface area (TPSA) is 88.0 Å². The van der Waals surface area contributed by atoms with Crippen LogP contribution in [0.4, 0.5) is 0 Å². The zero-order valence-corrected chi connectivity index (χ0v) is 8.60. The minimum atomic E-state index is -1.19. The van der Waals surface area contributed by atoms with Crippen molar-refractivity contribution in [1.29, 1.82) is 0 Å². The fourth-order valence-electron chi connectivity index (χ4n) is 1.22. The number of hydrogen-bond donors (Lipinski definition) is 2. The van der Waals surface area contributed by atoms with E-state index in [2.05, 4.69) is 9.97 Å². The Bertz CT molecular complexity index is 602. The Balaban J connectivity index is 2.52. The van der Waals surface area contributed by atoms with Crippen LogP contribution in [0.3, 0.4) is 0 Å². The Hall–Kier alpha value is -2.08. The maximum absolute atomic E-state index is 11.5. The van der Waals surface area contributed by atoms with Gasteiger partial charge < -0.3 is 10.1 Å². The molecule has 0 spiro atoms. The molecule has 2 heterocycles. The predicted molar refractivity (Wildman–Crippen MR) is 56.2 cm³/mol. The Kier molecular flexibility index (Phi) is 2.49. The number of aromatic nitrogens is 3. The molecule has 0 amide bonds. The van der Waals surface area contributed by atoms with Crippen molar-refractivity contribution in [3.05, 3.63) is 45.9 Å². The largest absolute Gasteiger partial charge is 0.477 e. The third-order valence-corrected chi connectivity index (χ3v) is 2.14. The van der Waals surface area contributed by atoms with Crippen molar-refractivity contribution in [3.8, 4) is 5.69 Å². The number of carbonyl (C=O) groups is 1. The molecule has 82 valence electrons. The monoisotopic (exact) mass is 239 g/mol. The van der Waals surface area contributed by atoms with Crippen LogP contribution in [0.5, 0.6) is 0 Å². The van der Waals surface area contributed by atoms with E-state index in [0.29, 0.717) is 0 Å². The SMILES string of the molecule is O=C(O)c1ccc(-n2cnc(Cl)c2)c(=O)[nH]1. The van der Waals surface area contributed by atoms with Crippen molar-refractivity contribution in [2.24, 2.45) is 0 Å². The lowest BCUT2D eigenvalue weighted by Gasteiger charge is -2.00. The van der Waals surface area contributed by atoms with Crippen LogP contribution in [0.25, 0.3) is 5.69 Å². The molecule has 2 rings (SSSR count). The summed E-state index contributed by atoms with van der Waals surface area (Å²) < 4.78 is 1.41. The highest BCUT2D eigenvalue weighted by molar-refractivity contribution is 6.29. The maximum Gasteiger partial charge on any atom is 0.352 e. The average Bonchev–Trinajstić information content (AvgIpc) is 2.64. The molecule has 0 unspecified atom stereocenters. The number of nitrogens with zero attached hydrogens (tertiary/aromatic N) is 2. The van der Waals surface area contributed by atoms with Gasteiger partial charge in [0.25, 0.3) is 5.56 Å². The van der Waals surface area contributed by atoms with Gasteiger partial charge in [0.1, 0.15) is 22.9 Å². The van der Waals surface area contributed by atoms with Crippen LogP contribution in [0.1, 0.15) is 10.5 Å². The highest BCUT2D eigenvalue weighted by atomic mass is 35.5. The molecule has 0 saturated heterocycles. The number of carboxylic acid groups (broad SMARTS) is 1. The number of aromatic amines is 1. The summed E-state index contributed by atoms with van der Waals surface area (Å²) in [5.74, 6) is -1.19. The molecule has 7 heteroatoms. The van der Waals surface area contributed by atoms with E-state index in [-0.39, 0.29) is 16.5 Å². The van der Waals surface area contributed by atoms with Crippen molar-refractivity contribution in [2.45, 2.75) is 0 Å². The molecular weight excluding hydrogens is 234 g/mol. The van der Waals surface area contributed by atoms with Gasteiger partial charge in [-0.2, -0.15) is 0 Å². The highest BCUT2D eigenvalue weighted by Gasteiger charge is 2.08. The second-order valence-electron chi connectivity index (χ2n) is 3.00. The van der Waals surface area contributed by atoms with Gasteiger partial charge in [-0.3, -0.25) is 9.36 Å². The highest BCUT2D eigenvalue weighted by Crippen LogP contribution is 2.07. The van der Waals surface area contributed by atoms with Gasteiger partial charge in [-0.05, 0) is 12.1 Å². The zero-order valence-electron chi connectivity index (χ0n) is 7.85. The summed E-state index contributed by atoms with van der Waals surface area (Å²) in [4.78, 5) is 28.1. The second kappa shape index (κ2) is 3.82. The minimum absolute atomic E-state index is 0.167. The van der Waals surface area contributed by atoms with E-state index in [1.165, 1.54) is 29.2 Å². The van der Waals surface area contributed by atoms with Gasteiger partial charge >= 0.3 is 5.97 Å². The van der Waals surface area contributed by atoms with Crippen molar-refractivity contribution in [3.63, 3.8) is 0 Å². The molecule has 0 atom stereocenters. The van der Waals surface area contributed by atoms with Gasteiger partial charge in [0, 0.05) is 6.20 Å². The summed E-state index contributed by atoms with van der Waals surface area (Å²) in [5, 5.41) is 8.92. The first-order chi connectivity index (χ1) is 7.58. The number of nitrogens with one attached hydrogen (secondary N) is 1. The van der Waals surface area contributed by atoms with Crippen molar-refractivity contribution >= 4 is 17.6 Å². The van der Waals surface area contributed by atoms with Gasteiger partial charge in [0.15, 0.2) is 0 Å². The van der Waals surface area contributed by atoms with Gasteiger partial charge in [-0.25, -0.2) is 9.78 Å². The van der Waals surface area contributed by atoms with E-state index in [0.717, 1.165) is 0 Å². The van der Waals surface area contributed by atoms with Crippen LogP contribution < -0.4 is 5.56 Å². The molecule has 2 N–H and O–H groups in total. The lowest BCUT2D eigenvalue weighted by Crippen LogP contribution is -2.17. The van der Waals surface area contributed by atoms with Gasteiger partial charge in [0.2, 0.25) is 0 Å². The molecule has 0 radical (unpaired) electrons. The molecule has 0 saturated carbocycles. The van der Waals surface area contributed by atoms with Crippen LogP contribution in [0.15, 0.2) is 29.5 Å². The first-order valence-electron chi connectivity index (χ1n) is 4.24. The van der Waals surface area contributed by atoms with Crippen molar-refractivity contribution < 1.29 is 9.90 Å². The number of halogens is 1.